The molecule has 0 saturated carbocycles. The molecule has 0 bridgehead atoms. The second kappa shape index (κ2) is 6.69. The van der Waals surface area contributed by atoms with Gasteiger partial charge in [-0.05, 0) is 19.8 Å². The van der Waals surface area contributed by atoms with E-state index in [0.29, 0.717) is 13.0 Å². The lowest BCUT2D eigenvalue weighted by molar-refractivity contribution is -0.150. The van der Waals surface area contributed by atoms with Gasteiger partial charge in [-0.2, -0.15) is 5.10 Å². The molecule has 2 heterocycles. The highest BCUT2D eigenvalue weighted by Gasteiger charge is 2.38. The van der Waals surface area contributed by atoms with E-state index >= 15 is 0 Å². The van der Waals surface area contributed by atoms with Gasteiger partial charge in [0, 0.05) is 6.54 Å². The highest BCUT2D eigenvalue weighted by molar-refractivity contribution is 5.96. The minimum Gasteiger partial charge on any atom is -0.343 e. The molecule has 0 spiro atoms. The van der Waals surface area contributed by atoms with E-state index in [1.807, 2.05) is 6.92 Å². The third kappa shape index (κ3) is 3.22. The molecule has 0 aliphatic carbocycles. The second-order valence-corrected chi connectivity index (χ2v) is 5.40. The summed E-state index contributed by atoms with van der Waals surface area (Å²) in [6, 6.07) is -0.890. The van der Waals surface area contributed by atoms with Gasteiger partial charge in [-0.15, -0.1) is 0 Å². The van der Waals surface area contributed by atoms with Gasteiger partial charge < -0.3 is 10.2 Å². The van der Waals surface area contributed by atoms with Gasteiger partial charge in [-0.1, -0.05) is 20.3 Å². The number of hydrogen-bond acceptors (Lipinski definition) is 4. The summed E-state index contributed by atoms with van der Waals surface area (Å²) in [6.07, 6.45) is 3.95. The average Bonchev–Trinajstić information content (AvgIpc) is 2.88. The number of nitrogens with zero attached hydrogens (tertiary/aromatic N) is 4. The summed E-state index contributed by atoms with van der Waals surface area (Å²) in [5.41, 5.74) is 0. The van der Waals surface area contributed by atoms with Gasteiger partial charge in [0.25, 0.3) is 0 Å². The molecule has 0 radical (unpaired) electrons. The van der Waals surface area contributed by atoms with Crippen LogP contribution in [0.1, 0.15) is 45.9 Å². The van der Waals surface area contributed by atoms with Gasteiger partial charge >= 0.3 is 0 Å². The second-order valence-electron chi connectivity index (χ2n) is 5.40. The van der Waals surface area contributed by atoms with E-state index in [-0.39, 0.29) is 11.8 Å². The topological polar surface area (TPSA) is 80.1 Å². The maximum atomic E-state index is 12.4. The number of aromatic nitrogens is 3. The summed E-state index contributed by atoms with van der Waals surface area (Å²) < 4.78 is 1.80. The first-order valence-electron chi connectivity index (χ1n) is 7.56. The Morgan fingerprint density at radius 3 is 2.71 bits per heavy atom. The standard InChI is InChI=1S/C14H23N5O2/c1-4-6-11-13(20)17-10(3)14(21)18(11)8-12-15-9-16-19(12)7-5-2/h9-11H,4-8H2,1-3H3,(H,17,20). The van der Waals surface area contributed by atoms with E-state index in [0.717, 1.165) is 25.2 Å². The number of piperazine rings is 1. The van der Waals surface area contributed by atoms with Crippen LogP contribution in [0.15, 0.2) is 6.33 Å². The maximum Gasteiger partial charge on any atom is 0.245 e. The number of hydrogen-bond donors (Lipinski definition) is 1. The number of carbonyl (C=O) groups is 2. The quantitative estimate of drug-likeness (QED) is 0.837. The maximum absolute atomic E-state index is 12.4. The summed E-state index contributed by atoms with van der Waals surface area (Å²) in [7, 11) is 0. The molecule has 2 rings (SSSR count). The normalized spacial score (nSPS) is 22.5. The fourth-order valence-electron chi connectivity index (χ4n) is 2.63. The predicted molar refractivity (Wildman–Crippen MR) is 77.2 cm³/mol. The van der Waals surface area contributed by atoms with Crippen LogP contribution in [0.4, 0.5) is 0 Å². The van der Waals surface area contributed by atoms with Crippen molar-refractivity contribution in [3.8, 4) is 0 Å². The zero-order valence-corrected chi connectivity index (χ0v) is 12.9. The van der Waals surface area contributed by atoms with E-state index in [9.17, 15) is 9.59 Å². The number of carbonyl (C=O) groups excluding carboxylic acids is 2. The van der Waals surface area contributed by atoms with Gasteiger partial charge in [0.1, 0.15) is 24.2 Å². The molecule has 21 heavy (non-hydrogen) atoms. The largest absolute Gasteiger partial charge is 0.343 e. The minimum absolute atomic E-state index is 0.0564. The van der Waals surface area contributed by atoms with Crippen molar-refractivity contribution in [2.75, 3.05) is 0 Å². The molecule has 7 nitrogen and oxygen atoms in total. The molecule has 1 saturated heterocycles. The Kier molecular flexibility index (Phi) is 4.93. The first-order chi connectivity index (χ1) is 10.1. The van der Waals surface area contributed by atoms with Crippen molar-refractivity contribution in [1.29, 1.82) is 0 Å². The lowest BCUT2D eigenvalue weighted by Crippen LogP contribution is -2.62. The summed E-state index contributed by atoms with van der Waals surface area (Å²) >= 11 is 0. The molecule has 1 aliphatic rings. The van der Waals surface area contributed by atoms with Crippen LogP contribution >= 0.6 is 0 Å². The van der Waals surface area contributed by atoms with Crippen LogP contribution < -0.4 is 5.32 Å². The van der Waals surface area contributed by atoms with Gasteiger partial charge in [0.2, 0.25) is 11.8 Å². The Labute approximate surface area is 124 Å². The molecular formula is C14H23N5O2. The first-order valence-corrected chi connectivity index (χ1v) is 7.56. The third-order valence-corrected chi connectivity index (χ3v) is 3.70. The van der Waals surface area contributed by atoms with Gasteiger partial charge in [0.15, 0.2) is 0 Å². The van der Waals surface area contributed by atoms with Crippen LogP contribution in [0.25, 0.3) is 0 Å². The number of nitrogens with one attached hydrogen (secondary N) is 1. The Hall–Kier alpha value is -1.92. The van der Waals surface area contributed by atoms with Crippen LogP contribution in [0.3, 0.4) is 0 Å². The van der Waals surface area contributed by atoms with E-state index < -0.39 is 12.1 Å². The summed E-state index contributed by atoms with van der Waals surface area (Å²) in [6.45, 7) is 6.88. The fourth-order valence-corrected chi connectivity index (χ4v) is 2.63. The predicted octanol–water partition coefficient (Wildman–Crippen LogP) is 0.704. The summed E-state index contributed by atoms with van der Waals surface area (Å²) in [4.78, 5) is 30.4. The monoisotopic (exact) mass is 293 g/mol. The van der Waals surface area contributed by atoms with Gasteiger partial charge in [-0.3, -0.25) is 9.59 Å². The number of rotatable bonds is 6. The molecule has 2 unspecified atom stereocenters. The van der Waals surface area contributed by atoms with Crippen molar-refractivity contribution in [2.24, 2.45) is 0 Å². The minimum atomic E-state index is -0.479. The molecule has 2 atom stereocenters. The van der Waals surface area contributed by atoms with Crippen LogP contribution in [-0.2, 0) is 22.7 Å². The molecule has 116 valence electrons. The highest BCUT2D eigenvalue weighted by atomic mass is 16.2. The van der Waals surface area contributed by atoms with Crippen LogP contribution in [0.2, 0.25) is 0 Å². The third-order valence-electron chi connectivity index (χ3n) is 3.70. The number of amides is 2. The molecular weight excluding hydrogens is 270 g/mol. The van der Waals surface area contributed by atoms with Crippen molar-refractivity contribution < 1.29 is 9.59 Å². The smallest absolute Gasteiger partial charge is 0.245 e. The highest BCUT2D eigenvalue weighted by Crippen LogP contribution is 2.17. The van der Waals surface area contributed by atoms with E-state index in [4.69, 9.17) is 0 Å². The SMILES string of the molecule is CCCC1C(=O)NC(C)C(=O)N1Cc1ncnn1CCC. The molecule has 0 aromatic carbocycles. The van der Waals surface area contributed by atoms with Gasteiger partial charge in [0.05, 0.1) is 6.54 Å². The van der Waals surface area contributed by atoms with Crippen LogP contribution in [0.5, 0.6) is 0 Å². The molecule has 7 heteroatoms. The van der Waals surface area contributed by atoms with E-state index in [1.165, 1.54) is 6.33 Å². The van der Waals surface area contributed by atoms with Crippen LogP contribution in [-0.4, -0.2) is 43.6 Å². The first kappa shape index (κ1) is 15.5. The van der Waals surface area contributed by atoms with Crippen molar-refractivity contribution in [3.63, 3.8) is 0 Å². The Bertz CT molecular complexity index is 513. The van der Waals surface area contributed by atoms with Crippen molar-refractivity contribution in [2.45, 2.75) is 65.2 Å². The van der Waals surface area contributed by atoms with Crippen molar-refractivity contribution in [3.05, 3.63) is 12.2 Å². The Morgan fingerprint density at radius 1 is 1.29 bits per heavy atom. The Morgan fingerprint density at radius 2 is 2.05 bits per heavy atom. The molecule has 1 aliphatic heterocycles. The molecule has 1 aromatic rings. The average molecular weight is 293 g/mol. The molecule has 1 aromatic heterocycles. The molecule has 2 amide bonds. The lowest BCUT2D eigenvalue weighted by Gasteiger charge is -2.37. The summed E-state index contributed by atoms with van der Waals surface area (Å²) in [5.74, 6) is 0.595. The van der Waals surface area contributed by atoms with Crippen LogP contribution in [0, 0.1) is 0 Å². The zero-order chi connectivity index (χ0) is 15.4. The van der Waals surface area contributed by atoms with Crippen molar-refractivity contribution in [1.82, 2.24) is 25.0 Å². The van der Waals surface area contributed by atoms with E-state index in [2.05, 4.69) is 22.3 Å². The Balaban J connectivity index is 2.21. The fraction of sp³-hybridized carbons (Fsp3) is 0.714. The summed E-state index contributed by atoms with van der Waals surface area (Å²) in [5, 5.41) is 6.91. The number of aryl methyl sites for hydroxylation is 1. The van der Waals surface area contributed by atoms with Gasteiger partial charge in [-0.25, -0.2) is 9.67 Å². The van der Waals surface area contributed by atoms with E-state index in [1.54, 1.807) is 16.5 Å². The lowest BCUT2D eigenvalue weighted by atomic mass is 10.0. The van der Waals surface area contributed by atoms with Crippen molar-refractivity contribution >= 4 is 11.8 Å². The zero-order valence-electron chi connectivity index (χ0n) is 12.9. The molecule has 1 N–H and O–H groups in total. The molecule has 1 fully saturated rings.